The monoisotopic (exact) mass is 659 g/mol. The van der Waals surface area contributed by atoms with E-state index in [4.69, 9.17) is 9.84 Å². The molecule has 2 aromatic heterocycles. The molecule has 46 heavy (non-hydrogen) atoms. The van der Waals surface area contributed by atoms with Gasteiger partial charge in [0.05, 0.1) is 17.5 Å². The van der Waals surface area contributed by atoms with Crippen molar-refractivity contribution in [1.82, 2.24) is 36.1 Å². The van der Waals surface area contributed by atoms with Crippen molar-refractivity contribution in [3.05, 3.63) is 83.3 Å². The van der Waals surface area contributed by atoms with E-state index >= 15 is 0 Å². The summed E-state index contributed by atoms with van der Waals surface area (Å²) in [7, 11) is -3.16. The van der Waals surface area contributed by atoms with Gasteiger partial charge >= 0.3 is 6.18 Å². The number of sulfone groups is 1. The highest BCUT2D eigenvalue weighted by molar-refractivity contribution is 7.90. The third kappa shape index (κ3) is 9.02. The molecule has 246 valence electrons. The average molecular weight is 660 g/mol. The van der Waals surface area contributed by atoms with Gasteiger partial charge in [-0.25, -0.2) is 23.8 Å². The fourth-order valence-electron chi connectivity index (χ4n) is 5.23. The molecule has 0 radical (unpaired) electrons. The Bertz CT molecular complexity index is 1750. The molecular formula is C31H36F3N7O4S. The zero-order valence-corrected chi connectivity index (χ0v) is 26.3. The maximum Gasteiger partial charge on any atom is 0.433 e. The molecule has 0 bridgehead atoms. The van der Waals surface area contributed by atoms with Gasteiger partial charge < -0.3 is 10.1 Å². The number of hydrazine groups is 2. The van der Waals surface area contributed by atoms with Crippen molar-refractivity contribution >= 4 is 26.6 Å². The minimum atomic E-state index is -4.49. The molecule has 0 spiro atoms. The van der Waals surface area contributed by atoms with Crippen LogP contribution < -0.4 is 21.0 Å². The quantitative estimate of drug-likeness (QED) is 0.191. The first kappa shape index (κ1) is 33.3. The third-order valence-electron chi connectivity index (χ3n) is 7.78. The van der Waals surface area contributed by atoms with Crippen LogP contribution in [0.15, 0.2) is 60.9 Å². The van der Waals surface area contributed by atoms with Crippen LogP contribution in [-0.4, -0.2) is 65.7 Å². The summed E-state index contributed by atoms with van der Waals surface area (Å²) in [6.45, 7) is 4.96. The lowest BCUT2D eigenvalue weighted by molar-refractivity contribution is -0.141. The molecule has 1 amide bonds. The van der Waals surface area contributed by atoms with E-state index in [1.54, 1.807) is 18.2 Å². The van der Waals surface area contributed by atoms with Gasteiger partial charge in [-0.15, -0.1) is 0 Å². The van der Waals surface area contributed by atoms with Crippen LogP contribution in [0.5, 0.6) is 11.5 Å². The van der Waals surface area contributed by atoms with E-state index in [0.717, 1.165) is 73.0 Å². The third-order valence-corrected chi connectivity index (χ3v) is 8.73. The SMILES string of the molecule is Cc1c(C(=O)NCCS(C)(=O)=O)ccc2nn(CC3CCN(NNCc4ccc(Oc5ccc(C(F)(F)F)nc5)cc4)CC3)cc12. The summed E-state index contributed by atoms with van der Waals surface area (Å²) in [6, 6.07) is 12.9. The van der Waals surface area contributed by atoms with E-state index in [2.05, 4.69) is 26.3 Å². The number of alkyl halides is 3. The first-order valence-electron chi connectivity index (χ1n) is 14.8. The Morgan fingerprint density at radius 1 is 1.04 bits per heavy atom. The van der Waals surface area contributed by atoms with Crippen molar-refractivity contribution in [2.75, 3.05) is 31.6 Å². The lowest BCUT2D eigenvalue weighted by Crippen LogP contribution is -2.50. The van der Waals surface area contributed by atoms with E-state index in [9.17, 15) is 26.4 Å². The minimum Gasteiger partial charge on any atom is -0.456 e. The van der Waals surface area contributed by atoms with Crippen molar-refractivity contribution in [3.8, 4) is 11.5 Å². The molecule has 1 aliphatic rings. The van der Waals surface area contributed by atoms with Crippen LogP contribution >= 0.6 is 0 Å². The summed E-state index contributed by atoms with van der Waals surface area (Å²) in [5.41, 5.74) is 8.63. The summed E-state index contributed by atoms with van der Waals surface area (Å²) in [5.74, 6) is 0.750. The van der Waals surface area contributed by atoms with Crippen LogP contribution in [0.2, 0.25) is 0 Å². The predicted molar refractivity (Wildman–Crippen MR) is 167 cm³/mol. The van der Waals surface area contributed by atoms with Crippen LogP contribution in [0.3, 0.4) is 0 Å². The fourth-order valence-corrected chi connectivity index (χ4v) is 5.70. The lowest BCUT2D eigenvalue weighted by atomic mass is 9.98. The smallest absolute Gasteiger partial charge is 0.433 e. The van der Waals surface area contributed by atoms with E-state index in [0.29, 0.717) is 23.8 Å². The molecule has 3 N–H and O–H groups in total. The highest BCUT2D eigenvalue weighted by atomic mass is 32.2. The Labute approximate surface area is 265 Å². The van der Waals surface area contributed by atoms with E-state index in [1.165, 1.54) is 6.07 Å². The fraction of sp³-hybridized carbons (Fsp3) is 0.387. The van der Waals surface area contributed by atoms with Crippen molar-refractivity contribution in [3.63, 3.8) is 0 Å². The second-order valence-electron chi connectivity index (χ2n) is 11.4. The maximum absolute atomic E-state index is 12.7. The van der Waals surface area contributed by atoms with Crippen LogP contribution in [-0.2, 0) is 29.1 Å². The molecule has 0 unspecified atom stereocenters. The number of hydrogen-bond donors (Lipinski definition) is 3. The molecule has 4 aromatic rings. The zero-order chi connectivity index (χ0) is 32.9. The predicted octanol–water partition coefficient (Wildman–Crippen LogP) is 4.25. The highest BCUT2D eigenvalue weighted by Gasteiger charge is 2.32. The molecule has 5 rings (SSSR count). The standard InChI is InChI=1S/C31H36F3N7O4S/c1-21-26(30(42)35-13-16-46(2,43)44)8-9-28-27(21)20-41(38-28)19-23-11-14-40(15-12-23)39-37-17-22-3-5-24(6-4-22)45-25-7-10-29(36-18-25)31(32,33)34/h3-10,18,20,23,37,39H,11-17,19H2,1-2H3,(H,35,42). The molecule has 1 aliphatic heterocycles. The Balaban J connectivity index is 1.04. The van der Waals surface area contributed by atoms with Gasteiger partial charge in [0.15, 0.2) is 0 Å². The molecule has 0 aliphatic carbocycles. The van der Waals surface area contributed by atoms with Gasteiger partial charge in [-0.1, -0.05) is 12.1 Å². The highest BCUT2D eigenvalue weighted by Crippen LogP contribution is 2.29. The van der Waals surface area contributed by atoms with Crippen molar-refractivity contribution < 1.29 is 31.1 Å². The number of benzene rings is 2. The molecule has 11 nitrogen and oxygen atoms in total. The molecule has 3 heterocycles. The summed E-state index contributed by atoms with van der Waals surface area (Å²) >= 11 is 0. The normalized spacial score (nSPS) is 14.9. The minimum absolute atomic E-state index is 0.0649. The zero-order valence-electron chi connectivity index (χ0n) is 25.5. The lowest BCUT2D eigenvalue weighted by Gasteiger charge is -2.32. The number of nitrogens with zero attached hydrogens (tertiary/aromatic N) is 4. The molecule has 1 saturated heterocycles. The number of fused-ring (bicyclic) bond motifs is 1. The number of nitrogens with one attached hydrogen (secondary N) is 3. The first-order valence-corrected chi connectivity index (χ1v) is 16.9. The number of carbonyl (C=O) groups excluding carboxylic acids is 1. The average Bonchev–Trinajstić information content (AvgIpc) is 3.42. The number of pyridine rings is 1. The van der Waals surface area contributed by atoms with Gasteiger partial charge in [0, 0.05) is 56.1 Å². The molecule has 0 saturated carbocycles. The van der Waals surface area contributed by atoms with Crippen LogP contribution in [0, 0.1) is 12.8 Å². The summed E-state index contributed by atoms with van der Waals surface area (Å²) in [5, 5.41) is 10.4. The van der Waals surface area contributed by atoms with Gasteiger partial charge in [0.25, 0.3) is 5.91 Å². The van der Waals surface area contributed by atoms with Crippen molar-refractivity contribution in [2.45, 2.75) is 39.0 Å². The number of amides is 1. The molecular weight excluding hydrogens is 623 g/mol. The number of hydrogen-bond acceptors (Lipinski definition) is 9. The molecule has 1 fully saturated rings. The van der Waals surface area contributed by atoms with E-state index < -0.39 is 21.7 Å². The first-order chi connectivity index (χ1) is 21.8. The number of aromatic nitrogens is 3. The van der Waals surface area contributed by atoms with E-state index in [-0.39, 0.29) is 24.0 Å². The second kappa shape index (κ2) is 14.2. The van der Waals surface area contributed by atoms with Gasteiger partial charge in [-0.3, -0.25) is 9.48 Å². The van der Waals surface area contributed by atoms with Crippen molar-refractivity contribution in [2.24, 2.45) is 5.92 Å². The maximum atomic E-state index is 12.7. The summed E-state index contributed by atoms with van der Waals surface area (Å²) < 4.78 is 68.3. The Morgan fingerprint density at radius 3 is 2.41 bits per heavy atom. The van der Waals surface area contributed by atoms with Crippen LogP contribution in [0.1, 0.15) is 40.0 Å². The van der Waals surface area contributed by atoms with Gasteiger partial charge in [0.2, 0.25) is 0 Å². The van der Waals surface area contributed by atoms with Gasteiger partial charge in [-0.2, -0.15) is 23.8 Å². The Morgan fingerprint density at radius 2 is 1.76 bits per heavy atom. The van der Waals surface area contributed by atoms with Crippen LogP contribution in [0.4, 0.5) is 13.2 Å². The Kier molecular flexibility index (Phi) is 10.3. The van der Waals surface area contributed by atoms with Gasteiger partial charge in [0.1, 0.15) is 27.0 Å². The van der Waals surface area contributed by atoms with Gasteiger partial charge in [-0.05, 0) is 73.2 Å². The largest absolute Gasteiger partial charge is 0.456 e. The number of aryl methyl sites for hydroxylation is 1. The number of halogens is 3. The molecule has 15 heteroatoms. The number of ether oxygens (including phenoxy) is 1. The van der Waals surface area contributed by atoms with Crippen molar-refractivity contribution in [1.29, 1.82) is 0 Å². The Hall–Kier alpha value is -4.05. The topological polar surface area (TPSA) is 130 Å². The summed E-state index contributed by atoms with van der Waals surface area (Å²) in [4.78, 5) is 16.0. The summed E-state index contributed by atoms with van der Waals surface area (Å²) in [6.07, 6.45) is 1.62. The van der Waals surface area contributed by atoms with Crippen LogP contribution in [0.25, 0.3) is 10.9 Å². The number of carbonyl (C=O) groups is 1. The number of rotatable bonds is 12. The van der Waals surface area contributed by atoms with E-state index in [1.807, 2.05) is 36.0 Å². The number of piperidine rings is 1. The molecule has 2 aromatic carbocycles. The molecule has 0 atom stereocenters. The second-order valence-corrected chi connectivity index (χ2v) is 13.7.